The Hall–Kier alpha value is -1.98. The molecule has 1 unspecified atom stereocenters. The molecular weight excluding hydrogens is 257 g/mol. The molecule has 0 aliphatic carbocycles. The van der Waals surface area contributed by atoms with E-state index in [9.17, 15) is 4.39 Å². The van der Waals surface area contributed by atoms with Crippen LogP contribution in [-0.4, -0.2) is 12.1 Å². The van der Waals surface area contributed by atoms with Crippen molar-refractivity contribution in [1.82, 2.24) is 10.4 Å². The van der Waals surface area contributed by atoms with E-state index in [0.717, 1.165) is 16.7 Å². The number of aryl methyl sites for hydroxylation is 1. The number of hydrogen-bond acceptors (Lipinski definition) is 4. The Bertz CT molecular complexity index is 572. The minimum Gasteiger partial charge on any atom is -0.481 e. The molecule has 4 nitrogen and oxygen atoms in total. The molecule has 106 valence electrons. The first-order valence-electron chi connectivity index (χ1n) is 6.35. The quantitative estimate of drug-likeness (QED) is 0.649. The second kappa shape index (κ2) is 6.45. The Morgan fingerprint density at radius 2 is 2.15 bits per heavy atom. The second-order valence-corrected chi connectivity index (χ2v) is 4.63. The van der Waals surface area contributed by atoms with E-state index in [0.29, 0.717) is 12.3 Å². The molecule has 0 spiro atoms. The summed E-state index contributed by atoms with van der Waals surface area (Å²) in [6.45, 7) is 1.87. The van der Waals surface area contributed by atoms with Crippen LogP contribution in [0.25, 0.3) is 0 Å². The van der Waals surface area contributed by atoms with E-state index in [2.05, 4.69) is 10.4 Å². The first-order chi connectivity index (χ1) is 9.63. The summed E-state index contributed by atoms with van der Waals surface area (Å²) in [5.41, 5.74) is 5.65. The van der Waals surface area contributed by atoms with Crippen LogP contribution in [0.3, 0.4) is 0 Å². The van der Waals surface area contributed by atoms with Crippen LogP contribution in [0.2, 0.25) is 0 Å². The standard InChI is InChI=1S/C15H18FN3O/c1-10-7-12(16)4-5-13(10)14(19-17)8-11-3-6-15(20-2)18-9-11/h3-7,9,14,19H,8,17H2,1-2H3. The smallest absolute Gasteiger partial charge is 0.212 e. The predicted molar refractivity (Wildman–Crippen MR) is 75.7 cm³/mol. The molecule has 0 saturated carbocycles. The zero-order valence-electron chi connectivity index (χ0n) is 11.6. The van der Waals surface area contributed by atoms with Gasteiger partial charge in [-0.15, -0.1) is 0 Å². The topological polar surface area (TPSA) is 60.2 Å². The number of rotatable bonds is 5. The molecule has 2 rings (SSSR count). The van der Waals surface area contributed by atoms with Crippen molar-refractivity contribution in [2.45, 2.75) is 19.4 Å². The van der Waals surface area contributed by atoms with Gasteiger partial charge in [0.2, 0.25) is 5.88 Å². The third-order valence-corrected chi connectivity index (χ3v) is 3.26. The predicted octanol–water partition coefficient (Wildman–Crippen LogP) is 2.28. The van der Waals surface area contributed by atoms with Gasteiger partial charge in [0.05, 0.1) is 13.2 Å². The van der Waals surface area contributed by atoms with Crippen LogP contribution in [0.15, 0.2) is 36.5 Å². The van der Waals surface area contributed by atoms with Crippen molar-refractivity contribution in [2.24, 2.45) is 5.84 Å². The van der Waals surface area contributed by atoms with E-state index in [1.165, 1.54) is 12.1 Å². The average Bonchev–Trinajstić information content (AvgIpc) is 2.46. The Morgan fingerprint density at radius 1 is 1.35 bits per heavy atom. The molecule has 5 heteroatoms. The van der Waals surface area contributed by atoms with Crippen molar-refractivity contribution in [3.05, 3.63) is 59.0 Å². The van der Waals surface area contributed by atoms with E-state index in [-0.39, 0.29) is 11.9 Å². The number of nitrogens with two attached hydrogens (primary N) is 1. The maximum absolute atomic E-state index is 13.1. The highest BCUT2D eigenvalue weighted by atomic mass is 19.1. The van der Waals surface area contributed by atoms with Crippen molar-refractivity contribution in [1.29, 1.82) is 0 Å². The van der Waals surface area contributed by atoms with Gasteiger partial charge in [0.15, 0.2) is 0 Å². The van der Waals surface area contributed by atoms with Crippen LogP contribution in [0, 0.1) is 12.7 Å². The zero-order valence-corrected chi connectivity index (χ0v) is 11.6. The Morgan fingerprint density at radius 3 is 2.70 bits per heavy atom. The molecule has 20 heavy (non-hydrogen) atoms. The molecule has 1 aromatic carbocycles. The molecule has 0 aliphatic heterocycles. The van der Waals surface area contributed by atoms with Gasteiger partial charge < -0.3 is 4.74 Å². The number of benzene rings is 1. The molecule has 0 bridgehead atoms. The lowest BCUT2D eigenvalue weighted by Gasteiger charge is -2.18. The van der Waals surface area contributed by atoms with Crippen LogP contribution in [0.1, 0.15) is 22.7 Å². The van der Waals surface area contributed by atoms with E-state index < -0.39 is 0 Å². The maximum Gasteiger partial charge on any atom is 0.212 e. The number of pyridine rings is 1. The van der Waals surface area contributed by atoms with E-state index in [4.69, 9.17) is 10.6 Å². The molecule has 3 N–H and O–H groups in total. The summed E-state index contributed by atoms with van der Waals surface area (Å²) < 4.78 is 18.2. The third-order valence-electron chi connectivity index (χ3n) is 3.26. The molecule has 1 heterocycles. The van der Waals surface area contributed by atoms with Gasteiger partial charge in [-0.3, -0.25) is 11.3 Å². The molecule has 2 aromatic rings. The number of hydrazine groups is 1. The second-order valence-electron chi connectivity index (χ2n) is 4.63. The molecule has 0 fully saturated rings. The van der Waals surface area contributed by atoms with E-state index >= 15 is 0 Å². The first kappa shape index (κ1) is 14.4. The zero-order chi connectivity index (χ0) is 14.5. The number of aromatic nitrogens is 1. The van der Waals surface area contributed by atoms with Crippen molar-refractivity contribution < 1.29 is 9.13 Å². The van der Waals surface area contributed by atoms with Crippen molar-refractivity contribution >= 4 is 0 Å². The molecule has 0 radical (unpaired) electrons. The molecule has 0 amide bonds. The van der Waals surface area contributed by atoms with Gasteiger partial charge in [-0.05, 0) is 42.2 Å². The molecule has 1 atom stereocenters. The van der Waals surface area contributed by atoms with Crippen molar-refractivity contribution in [2.75, 3.05) is 7.11 Å². The van der Waals surface area contributed by atoms with Gasteiger partial charge in [-0.25, -0.2) is 9.37 Å². The third kappa shape index (κ3) is 3.31. The first-order valence-corrected chi connectivity index (χ1v) is 6.35. The fourth-order valence-electron chi connectivity index (χ4n) is 2.18. The van der Waals surface area contributed by atoms with Gasteiger partial charge in [-0.1, -0.05) is 12.1 Å². The molecular formula is C15H18FN3O. The average molecular weight is 275 g/mol. The molecule has 0 aliphatic rings. The Labute approximate surface area is 117 Å². The minimum atomic E-state index is -0.242. The number of nitrogens with one attached hydrogen (secondary N) is 1. The number of methoxy groups -OCH3 is 1. The van der Waals surface area contributed by atoms with E-state index in [1.54, 1.807) is 25.4 Å². The Kier molecular flexibility index (Phi) is 4.65. The van der Waals surface area contributed by atoms with E-state index in [1.807, 2.05) is 13.0 Å². The minimum absolute atomic E-state index is 0.0919. The maximum atomic E-state index is 13.1. The van der Waals surface area contributed by atoms with Crippen LogP contribution < -0.4 is 16.0 Å². The fraction of sp³-hybridized carbons (Fsp3) is 0.267. The van der Waals surface area contributed by atoms with Crippen molar-refractivity contribution in [3.63, 3.8) is 0 Å². The normalized spacial score (nSPS) is 12.2. The lowest BCUT2D eigenvalue weighted by atomic mass is 9.96. The highest BCUT2D eigenvalue weighted by molar-refractivity contribution is 5.31. The highest BCUT2D eigenvalue weighted by Gasteiger charge is 2.13. The van der Waals surface area contributed by atoms with Crippen LogP contribution in [-0.2, 0) is 6.42 Å². The van der Waals surface area contributed by atoms with Gasteiger partial charge in [-0.2, -0.15) is 0 Å². The molecule has 1 aromatic heterocycles. The summed E-state index contributed by atoms with van der Waals surface area (Å²) in [7, 11) is 1.58. The number of hydrogen-bond donors (Lipinski definition) is 2. The number of nitrogens with zero attached hydrogens (tertiary/aromatic N) is 1. The lowest BCUT2D eigenvalue weighted by molar-refractivity contribution is 0.397. The fourth-order valence-corrected chi connectivity index (χ4v) is 2.18. The largest absolute Gasteiger partial charge is 0.481 e. The van der Waals surface area contributed by atoms with Gasteiger partial charge in [0.25, 0.3) is 0 Å². The van der Waals surface area contributed by atoms with Crippen LogP contribution in [0.4, 0.5) is 4.39 Å². The summed E-state index contributed by atoms with van der Waals surface area (Å²) in [6.07, 6.45) is 2.42. The summed E-state index contributed by atoms with van der Waals surface area (Å²) in [6, 6.07) is 8.36. The van der Waals surface area contributed by atoms with Crippen LogP contribution >= 0.6 is 0 Å². The number of halogens is 1. The van der Waals surface area contributed by atoms with Crippen LogP contribution in [0.5, 0.6) is 5.88 Å². The van der Waals surface area contributed by atoms with Gasteiger partial charge in [0, 0.05) is 12.3 Å². The molecule has 0 saturated heterocycles. The van der Waals surface area contributed by atoms with Gasteiger partial charge in [0.1, 0.15) is 5.82 Å². The lowest BCUT2D eigenvalue weighted by Crippen LogP contribution is -2.30. The highest BCUT2D eigenvalue weighted by Crippen LogP contribution is 2.22. The summed E-state index contributed by atoms with van der Waals surface area (Å²) >= 11 is 0. The Balaban J connectivity index is 2.19. The number of ether oxygens (including phenoxy) is 1. The SMILES string of the molecule is COc1ccc(CC(NN)c2ccc(F)cc2C)cn1. The summed E-state index contributed by atoms with van der Waals surface area (Å²) in [5.74, 6) is 5.96. The summed E-state index contributed by atoms with van der Waals surface area (Å²) in [5, 5.41) is 0. The van der Waals surface area contributed by atoms with Gasteiger partial charge >= 0.3 is 0 Å². The summed E-state index contributed by atoms with van der Waals surface area (Å²) in [4.78, 5) is 4.16. The van der Waals surface area contributed by atoms with Crippen molar-refractivity contribution in [3.8, 4) is 5.88 Å². The monoisotopic (exact) mass is 275 g/mol.